The third kappa shape index (κ3) is 5.30. The maximum Gasteiger partial charge on any atom is 0.309 e. The monoisotopic (exact) mass is 396 g/mol. The van der Waals surface area contributed by atoms with E-state index in [4.69, 9.17) is 9.47 Å². The van der Waals surface area contributed by atoms with Gasteiger partial charge in [0.2, 0.25) is 10.0 Å². The van der Waals surface area contributed by atoms with Crippen molar-refractivity contribution in [3.8, 4) is 5.75 Å². The van der Waals surface area contributed by atoms with E-state index in [-0.39, 0.29) is 22.3 Å². The van der Waals surface area contributed by atoms with E-state index in [1.807, 2.05) is 12.2 Å². The van der Waals surface area contributed by atoms with Crippen LogP contribution in [-0.2, 0) is 24.3 Å². The molecule has 9 heteroatoms. The molecule has 1 aromatic rings. The molecule has 0 unspecified atom stereocenters. The average Bonchev–Trinajstić information content (AvgIpc) is 2.66. The van der Waals surface area contributed by atoms with Gasteiger partial charge < -0.3 is 14.8 Å². The lowest BCUT2D eigenvalue weighted by Gasteiger charge is -2.17. The van der Waals surface area contributed by atoms with Crippen molar-refractivity contribution in [2.75, 3.05) is 33.1 Å². The molecule has 0 aliphatic heterocycles. The highest BCUT2D eigenvalue weighted by Crippen LogP contribution is 2.28. The number of amides is 1. The van der Waals surface area contributed by atoms with Crippen LogP contribution in [0.3, 0.4) is 0 Å². The van der Waals surface area contributed by atoms with Crippen LogP contribution >= 0.6 is 0 Å². The zero-order valence-electron chi connectivity index (χ0n) is 15.6. The fourth-order valence-corrected chi connectivity index (χ4v) is 3.69. The highest BCUT2D eigenvalue weighted by molar-refractivity contribution is 7.89. The van der Waals surface area contributed by atoms with Gasteiger partial charge in [-0.25, -0.2) is 12.7 Å². The Morgan fingerprint density at radius 1 is 1.26 bits per heavy atom. The fraction of sp³-hybridized carbons (Fsp3) is 0.444. The number of rotatable bonds is 7. The van der Waals surface area contributed by atoms with Crippen molar-refractivity contribution in [3.05, 3.63) is 30.4 Å². The van der Waals surface area contributed by atoms with E-state index in [9.17, 15) is 18.0 Å². The van der Waals surface area contributed by atoms with Crippen molar-refractivity contribution in [1.29, 1.82) is 0 Å². The number of ether oxygens (including phenoxy) is 2. The molecule has 0 spiro atoms. The molecule has 1 atom stereocenters. The predicted octanol–water partition coefficient (Wildman–Crippen LogP) is 1.78. The molecule has 0 bridgehead atoms. The van der Waals surface area contributed by atoms with Gasteiger partial charge in [-0.15, -0.1) is 0 Å². The lowest BCUT2D eigenvalue weighted by Crippen LogP contribution is -2.26. The summed E-state index contributed by atoms with van der Waals surface area (Å²) in [5.41, 5.74) is 0.262. The highest BCUT2D eigenvalue weighted by atomic mass is 32.2. The molecule has 1 aromatic carbocycles. The first kappa shape index (κ1) is 20.9. The Morgan fingerprint density at radius 3 is 2.59 bits per heavy atom. The zero-order chi connectivity index (χ0) is 20.0. The fourth-order valence-electron chi connectivity index (χ4n) is 2.61. The largest absolute Gasteiger partial charge is 0.495 e. The minimum Gasteiger partial charge on any atom is -0.495 e. The van der Waals surface area contributed by atoms with Gasteiger partial charge in [0, 0.05) is 19.8 Å². The second kappa shape index (κ2) is 9.01. The van der Waals surface area contributed by atoms with Crippen molar-refractivity contribution < 1.29 is 27.5 Å². The molecule has 0 fully saturated rings. The van der Waals surface area contributed by atoms with Crippen LogP contribution in [0.15, 0.2) is 35.2 Å². The molecular weight excluding hydrogens is 372 g/mol. The van der Waals surface area contributed by atoms with Crippen molar-refractivity contribution >= 4 is 27.6 Å². The molecule has 1 aliphatic carbocycles. The Kier molecular flexibility index (Phi) is 6.98. The molecule has 148 valence electrons. The first-order chi connectivity index (χ1) is 12.8. The summed E-state index contributed by atoms with van der Waals surface area (Å²) in [5, 5.41) is 2.53. The molecule has 0 aromatic heterocycles. The Morgan fingerprint density at radius 2 is 2.00 bits per heavy atom. The highest BCUT2D eigenvalue weighted by Gasteiger charge is 2.24. The van der Waals surface area contributed by atoms with Gasteiger partial charge in [-0.1, -0.05) is 12.2 Å². The summed E-state index contributed by atoms with van der Waals surface area (Å²) in [7, 11) is 0.416. The van der Waals surface area contributed by atoms with Crippen LogP contribution in [0.4, 0.5) is 5.69 Å². The molecular formula is C18H24N2O6S. The number of esters is 1. The number of benzene rings is 1. The van der Waals surface area contributed by atoms with E-state index in [1.54, 1.807) is 0 Å². The third-order valence-corrected chi connectivity index (χ3v) is 5.99. The summed E-state index contributed by atoms with van der Waals surface area (Å²) in [4.78, 5) is 23.9. The molecule has 8 nitrogen and oxygen atoms in total. The lowest BCUT2D eigenvalue weighted by molar-refractivity contribution is -0.151. The van der Waals surface area contributed by atoms with Gasteiger partial charge in [0.1, 0.15) is 10.6 Å². The Bertz CT molecular complexity index is 832. The van der Waals surface area contributed by atoms with Gasteiger partial charge in [-0.05, 0) is 37.5 Å². The number of carbonyl (C=O) groups is 2. The minimum atomic E-state index is -3.75. The van der Waals surface area contributed by atoms with Crippen LogP contribution in [-0.4, -0.2) is 52.4 Å². The summed E-state index contributed by atoms with van der Waals surface area (Å²) in [5.74, 6) is -1.01. The zero-order valence-corrected chi connectivity index (χ0v) is 16.4. The molecule has 1 N–H and O–H groups in total. The number of hydrogen-bond acceptors (Lipinski definition) is 6. The number of allylic oxidation sites excluding steroid dienone is 2. The first-order valence-electron chi connectivity index (χ1n) is 8.47. The SMILES string of the molecule is COc1ccc(NC(=O)COC(=O)[C@@H]2CC=CCC2)cc1S(=O)(=O)N(C)C. The van der Waals surface area contributed by atoms with Crippen LogP contribution in [0.25, 0.3) is 0 Å². The standard InChI is InChI=1S/C18H24N2O6S/c1-20(2)27(23,24)16-11-14(9-10-15(16)25-3)19-17(21)12-26-18(22)13-7-5-4-6-8-13/h4-5,9-11,13H,6-8,12H2,1-3H3,(H,19,21)/t13-/m1/s1. The van der Waals surface area contributed by atoms with E-state index < -0.39 is 28.5 Å². The molecule has 0 saturated heterocycles. The van der Waals surface area contributed by atoms with Crippen molar-refractivity contribution in [2.45, 2.75) is 24.2 Å². The Balaban J connectivity index is 2.03. The lowest BCUT2D eigenvalue weighted by atomic mass is 9.95. The molecule has 1 amide bonds. The Labute approximate surface area is 159 Å². The molecule has 0 radical (unpaired) electrons. The maximum absolute atomic E-state index is 12.4. The summed E-state index contributed by atoms with van der Waals surface area (Å²) in [6.07, 6.45) is 6.09. The van der Waals surface area contributed by atoms with Gasteiger partial charge in [0.25, 0.3) is 5.91 Å². The molecule has 27 heavy (non-hydrogen) atoms. The van der Waals surface area contributed by atoms with Crippen molar-refractivity contribution in [2.24, 2.45) is 5.92 Å². The van der Waals surface area contributed by atoms with E-state index in [1.165, 1.54) is 39.4 Å². The summed E-state index contributed by atoms with van der Waals surface area (Å²) < 4.78 is 36.0. The van der Waals surface area contributed by atoms with Crippen LogP contribution < -0.4 is 10.1 Å². The Hall–Kier alpha value is -2.39. The predicted molar refractivity (Wildman–Crippen MR) is 99.9 cm³/mol. The number of hydrogen-bond donors (Lipinski definition) is 1. The van der Waals surface area contributed by atoms with Crippen molar-refractivity contribution in [3.63, 3.8) is 0 Å². The smallest absolute Gasteiger partial charge is 0.309 e. The molecule has 1 aliphatic rings. The number of methoxy groups -OCH3 is 1. The van der Waals surface area contributed by atoms with Gasteiger partial charge in [-0.2, -0.15) is 0 Å². The quantitative estimate of drug-likeness (QED) is 0.557. The van der Waals surface area contributed by atoms with Crippen LogP contribution in [0.5, 0.6) is 5.75 Å². The van der Waals surface area contributed by atoms with E-state index >= 15 is 0 Å². The van der Waals surface area contributed by atoms with Crippen molar-refractivity contribution in [1.82, 2.24) is 4.31 Å². The summed E-state index contributed by atoms with van der Waals surface area (Å²) in [6.45, 7) is -0.430. The second-order valence-electron chi connectivity index (χ2n) is 6.29. The van der Waals surface area contributed by atoms with Crippen LogP contribution in [0, 0.1) is 5.92 Å². The number of sulfonamides is 1. The van der Waals surface area contributed by atoms with Crippen LogP contribution in [0.1, 0.15) is 19.3 Å². The number of nitrogens with zero attached hydrogens (tertiary/aromatic N) is 1. The minimum absolute atomic E-state index is 0.0706. The van der Waals surface area contributed by atoms with Gasteiger partial charge in [0.05, 0.1) is 13.0 Å². The van der Waals surface area contributed by atoms with E-state index in [0.717, 1.165) is 10.7 Å². The normalized spacial score (nSPS) is 16.8. The van der Waals surface area contributed by atoms with E-state index in [2.05, 4.69) is 5.32 Å². The molecule has 2 rings (SSSR count). The maximum atomic E-state index is 12.4. The second-order valence-corrected chi connectivity index (χ2v) is 8.41. The van der Waals surface area contributed by atoms with Gasteiger partial charge in [-0.3, -0.25) is 9.59 Å². The average molecular weight is 396 g/mol. The summed E-state index contributed by atoms with van der Waals surface area (Å²) in [6, 6.07) is 4.27. The number of anilines is 1. The topological polar surface area (TPSA) is 102 Å². The summed E-state index contributed by atoms with van der Waals surface area (Å²) >= 11 is 0. The first-order valence-corrected chi connectivity index (χ1v) is 9.91. The molecule has 0 heterocycles. The number of nitrogens with one attached hydrogen (secondary N) is 1. The van der Waals surface area contributed by atoms with Crippen LogP contribution in [0.2, 0.25) is 0 Å². The van der Waals surface area contributed by atoms with Gasteiger partial charge >= 0.3 is 5.97 Å². The van der Waals surface area contributed by atoms with E-state index in [0.29, 0.717) is 12.8 Å². The molecule has 0 saturated carbocycles. The third-order valence-electron chi connectivity index (χ3n) is 4.15. The number of carbonyl (C=O) groups excluding carboxylic acids is 2. The van der Waals surface area contributed by atoms with Gasteiger partial charge in [0.15, 0.2) is 6.61 Å².